The predicted octanol–water partition coefficient (Wildman–Crippen LogP) is 4.87. The van der Waals surface area contributed by atoms with Gasteiger partial charge in [-0.15, -0.1) is 0 Å². The average Bonchev–Trinajstić information content (AvgIpc) is 3.17. The monoisotopic (exact) mass is 447 g/mol. The number of hydrogen-bond acceptors (Lipinski definition) is 5. The van der Waals surface area contributed by atoms with Gasteiger partial charge in [-0.2, -0.15) is 0 Å². The number of benzene rings is 1. The number of fused-ring (bicyclic) bond motifs is 1. The fourth-order valence-corrected chi connectivity index (χ4v) is 5.87. The van der Waals surface area contributed by atoms with Crippen LogP contribution in [0.4, 0.5) is 4.39 Å². The van der Waals surface area contributed by atoms with Gasteiger partial charge < -0.3 is 9.52 Å². The Labute approximate surface area is 183 Å². The molecule has 0 saturated heterocycles. The van der Waals surface area contributed by atoms with Crippen LogP contribution in [0.25, 0.3) is 0 Å². The summed E-state index contributed by atoms with van der Waals surface area (Å²) in [4.78, 5) is 13.0. The van der Waals surface area contributed by atoms with Crippen molar-refractivity contribution in [2.24, 2.45) is 5.92 Å². The Morgan fingerprint density at radius 2 is 2.00 bits per heavy atom. The molecule has 1 aromatic heterocycles. The van der Waals surface area contributed by atoms with Gasteiger partial charge in [-0.05, 0) is 86.1 Å². The minimum atomic E-state index is -3.48. The standard InChI is InChI=1S/C24H30FNO4S/c1-14(15-7-8-15)20-11-22(25)19-6-4-5-18(19)21(20)10-17(27)13-31(26,29)23-9-16(12-30-23)24(2,3)28/h9,11-12,14-15,26,28H,4-8,10,13H2,1-3H3. The highest BCUT2D eigenvalue weighted by atomic mass is 32.2. The number of rotatable bonds is 8. The van der Waals surface area contributed by atoms with E-state index in [1.807, 2.05) is 0 Å². The number of hydrogen-bond donors (Lipinski definition) is 2. The summed E-state index contributed by atoms with van der Waals surface area (Å²) in [5.74, 6) is -0.245. The molecule has 7 heteroatoms. The van der Waals surface area contributed by atoms with Gasteiger partial charge in [-0.3, -0.25) is 4.79 Å². The van der Waals surface area contributed by atoms with Crippen LogP contribution in [0.1, 0.15) is 73.8 Å². The molecule has 2 N–H and O–H groups in total. The summed E-state index contributed by atoms with van der Waals surface area (Å²) < 4.78 is 41.2. The van der Waals surface area contributed by atoms with Gasteiger partial charge in [0.25, 0.3) is 0 Å². The van der Waals surface area contributed by atoms with Crippen LogP contribution in [0, 0.1) is 16.5 Å². The number of carbonyl (C=O) groups excluding carboxylic acids is 1. The Hall–Kier alpha value is -1.99. The maximum Gasteiger partial charge on any atom is 0.199 e. The van der Waals surface area contributed by atoms with Crippen molar-refractivity contribution in [1.82, 2.24) is 0 Å². The Kier molecular flexibility index (Phi) is 5.63. The van der Waals surface area contributed by atoms with E-state index in [1.54, 1.807) is 19.9 Å². The molecule has 5 nitrogen and oxygen atoms in total. The van der Waals surface area contributed by atoms with E-state index in [-0.39, 0.29) is 29.0 Å². The lowest BCUT2D eigenvalue weighted by Crippen LogP contribution is -2.19. The number of carbonyl (C=O) groups is 1. The van der Waals surface area contributed by atoms with Crippen LogP contribution in [-0.2, 0) is 39.4 Å². The second-order valence-electron chi connectivity index (χ2n) is 9.61. The molecule has 2 aliphatic rings. The van der Waals surface area contributed by atoms with Crippen LogP contribution in [0.15, 0.2) is 27.9 Å². The van der Waals surface area contributed by atoms with Gasteiger partial charge in [0.15, 0.2) is 10.9 Å². The maximum absolute atomic E-state index is 14.7. The van der Waals surface area contributed by atoms with Crippen LogP contribution in [-0.4, -0.2) is 20.9 Å². The zero-order valence-corrected chi connectivity index (χ0v) is 19.1. The molecule has 2 aliphatic carbocycles. The second kappa shape index (κ2) is 7.85. The van der Waals surface area contributed by atoms with E-state index in [2.05, 4.69) is 6.92 Å². The Morgan fingerprint density at radius 1 is 1.32 bits per heavy atom. The van der Waals surface area contributed by atoms with Crippen molar-refractivity contribution < 1.29 is 22.9 Å². The van der Waals surface area contributed by atoms with Crippen molar-refractivity contribution in [3.8, 4) is 0 Å². The summed E-state index contributed by atoms with van der Waals surface area (Å²) in [6.45, 7) is 5.23. The normalized spacial score (nSPS) is 19.1. The third kappa shape index (κ3) is 4.48. The van der Waals surface area contributed by atoms with Crippen molar-refractivity contribution >= 4 is 15.5 Å². The summed E-state index contributed by atoms with van der Waals surface area (Å²) >= 11 is 0. The van der Waals surface area contributed by atoms with Gasteiger partial charge in [-0.25, -0.2) is 13.4 Å². The SMILES string of the molecule is CC(c1cc(F)c2c(c1CC(=O)CS(=N)(=O)c1cc(C(C)(C)O)co1)CCC2)C1CC1. The quantitative estimate of drug-likeness (QED) is 0.604. The highest BCUT2D eigenvalue weighted by molar-refractivity contribution is 7.93. The molecule has 4 rings (SSSR count). The molecule has 0 aliphatic heterocycles. The molecule has 1 aromatic carbocycles. The number of furan rings is 1. The van der Waals surface area contributed by atoms with E-state index in [9.17, 15) is 18.5 Å². The molecule has 2 unspecified atom stereocenters. The van der Waals surface area contributed by atoms with Crippen molar-refractivity contribution in [2.75, 3.05) is 5.75 Å². The summed E-state index contributed by atoms with van der Waals surface area (Å²) in [5, 5.41) is 9.97. The Morgan fingerprint density at radius 3 is 2.61 bits per heavy atom. The van der Waals surface area contributed by atoms with Crippen LogP contribution >= 0.6 is 0 Å². The topological polar surface area (TPSA) is 91.4 Å². The van der Waals surface area contributed by atoms with Crippen LogP contribution < -0.4 is 0 Å². The zero-order valence-electron chi connectivity index (χ0n) is 18.3. The molecule has 2 aromatic rings. The molecular formula is C24H30FNO4S. The lowest BCUT2D eigenvalue weighted by Gasteiger charge is -2.20. The van der Waals surface area contributed by atoms with Crippen molar-refractivity contribution in [2.45, 2.75) is 75.9 Å². The van der Waals surface area contributed by atoms with Crippen LogP contribution in [0.3, 0.4) is 0 Å². The first-order valence-corrected chi connectivity index (χ1v) is 12.6. The third-order valence-corrected chi connectivity index (χ3v) is 8.26. The van der Waals surface area contributed by atoms with E-state index in [0.29, 0.717) is 23.5 Å². The lowest BCUT2D eigenvalue weighted by atomic mass is 9.85. The number of ketones is 1. The van der Waals surface area contributed by atoms with E-state index in [0.717, 1.165) is 42.4 Å². The van der Waals surface area contributed by atoms with Gasteiger partial charge in [0, 0.05) is 18.1 Å². The Bertz CT molecular complexity index is 1120. The number of aliphatic hydroxyl groups is 1. The smallest absolute Gasteiger partial charge is 0.199 e. The summed E-state index contributed by atoms with van der Waals surface area (Å²) in [7, 11) is -3.48. The zero-order chi connectivity index (χ0) is 22.6. The maximum atomic E-state index is 14.7. The molecule has 2 atom stereocenters. The fourth-order valence-electron chi connectivity index (χ4n) is 4.65. The minimum absolute atomic E-state index is 0.0595. The molecule has 1 saturated carbocycles. The summed E-state index contributed by atoms with van der Waals surface area (Å²) in [6, 6.07) is 2.99. The molecule has 1 heterocycles. The van der Waals surface area contributed by atoms with Gasteiger partial charge in [0.05, 0.1) is 17.6 Å². The predicted molar refractivity (Wildman–Crippen MR) is 116 cm³/mol. The number of nitrogens with one attached hydrogen (secondary N) is 1. The van der Waals surface area contributed by atoms with Gasteiger partial charge in [0.1, 0.15) is 15.5 Å². The molecule has 0 amide bonds. The molecule has 1 fully saturated rings. The van der Waals surface area contributed by atoms with E-state index in [4.69, 9.17) is 9.20 Å². The third-order valence-electron chi connectivity index (χ3n) is 6.67. The second-order valence-corrected chi connectivity index (χ2v) is 11.7. The molecule has 0 radical (unpaired) electrons. The van der Waals surface area contributed by atoms with Gasteiger partial charge in [0.2, 0.25) is 0 Å². The molecule has 31 heavy (non-hydrogen) atoms. The molecule has 0 bridgehead atoms. The average molecular weight is 448 g/mol. The first-order valence-electron chi connectivity index (χ1n) is 10.9. The van der Waals surface area contributed by atoms with Crippen LogP contribution in [0.2, 0.25) is 0 Å². The van der Waals surface area contributed by atoms with Crippen molar-refractivity contribution in [1.29, 1.82) is 4.78 Å². The largest absolute Gasteiger partial charge is 0.454 e. The number of halogens is 1. The van der Waals surface area contributed by atoms with Gasteiger partial charge >= 0.3 is 0 Å². The summed E-state index contributed by atoms with van der Waals surface area (Å²) in [5.41, 5.74) is 2.64. The molecule has 168 valence electrons. The highest BCUT2D eigenvalue weighted by Gasteiger charge is 2.34. The van der Waals surface area contributed by atoms with E-state index < -0.39 is 21.1 Å². The van der Waals surface area contributed by atoms with E-state index in [1.165, 1.54) is 12.3 Å². The molecular weight excluding hydrogens is 417 g/mol. The molecule has 0 spiro atoms. The fraction of sp³-hybridized carbons (Fsp3) is 0.542. The highest BCUT2D eigenvalue weighted by Crippen LogP contribution is 2.45. The van der Waals surface area contributed by atoms with Crippen LogP contribution in [0.5, 0.6) is 0 Å². The Balaban J connectivity index is 1.60. The number of Topliss-reactive ketones (excluding diaryl/α,β-unsaturated/α-hetero) is 1. The van der Waals surface area contributed by atoms with Crippen molar-refractivity contribution in [3.05, 3.63) is 52.0 Å². The first kappa shape index (κ1) is 22.2. The lowest BCUT2D eigenvalue weighted by molar-refractivity contribution is -0.116. The van der Waals surface area contributed by atoms with Gasteiger partial charge in [-0.1, -0.05) is 6.92 Å². The minimum Gasteiger partial charge on any atom is -0.454 e. The first-order chi connectivity index (χ1) is 14.5. The van der Waals surface area contributed by atoms with E-state index >= 15 is 0 Å². The van der Waals surface area contributed by atoms with Crippen molar-refractivity contribution in [3.63, 3.8) is 0 Å². The summed E-state index contributed by atoms with van der Waals surface area (Å²) in [6.07, 6.45) is 5.88.